The van der Waals surface area contributed by atoms with Crippen LogP contribution in [-0.2, 0) is 17.8 Å². The molecule has 116 valence electrons. The highest BCUT2D eigenvalue weighted by atomic mass is 16.1. The molecule has 0 unspecified atom stereocenters. The third-order valence-electron chi connectivity index (χ3n) is 3.34. The Morgan fingerprint density at radius 2 is 1.91 bits per heavy atom. The Hall–Kier alpha value is -2.40. The Morgan fingerprint density at radius 1 is 1.14 bits per heavy atom. The van der Waals surface area contributed by atoms with Crippen LogP contribution in [0, 0.1) is 0 Å². The number of benzene rings is 1. The zero-order valence-electron chi connectivity index (χ0n) is 12.5. The largest absolute Gasteiger partial charge is 0.330 e. The van der Waals surface area contributed by atoms with E-state index in [4.69, 9.17) is 5.73 Å². The number of unbranched alkanes of at least 4 members (excludes halogenated alkanes) is 1. The van der Waals surface area contributed by atoms with Gasteiger partial charge in [0.2, 0.25) is 5.91 Å². The Morgan fingerprint density at radius 3 is 2.59 bits per heavy atom. The maximum absolute atomic E-state index is 12.0. The van der Waals surface area contributed by atoms with Gasteiger partial charge in [-0.15, -0.1) is 0 Å². The molecule has 1 aromatic heterocycles. The average molecular weight is 299 g/mol. The first-order valence-electron chi connectivity index (χ1n) is 7.43. The molecule has 2 rings (SSSR count). The highest BCUT2D eigenvalue weighted by Gasteiger charge is 2.05. The molecular formula is C17H21N3O2. The summed E-state index contributed by atoms with van der Waals surface area (Å²) < 4.78 is 1.63. The summed E-state index contributed by atoms with van der Waals surface area (Å²) in [4.78, 5) is 23.9. The Labute approximate surface area is 129 Å². The number of nitrogens with two attached hydrogens (primary N) is 1. The lowest BCUT2D eigenvalue weighted by Crippen LogP contribution is -2.21. The number of anilines is 1. The number of carbonyl (C=O) groups excluding carboxylic acids is 1. The van der Waals surface area contributed by atoms with E-state index in [1.165, 1.54) is 6.07 Å². The summed E-state index contributed by atoms with van der Waals surface area (Å²) in [5, 5.41) is 2.75. The molecule has 0 aliphatic rings. The summed E-state index contributed by atoms with van der Waals surface area (Å²) in [5.41, 5.74) is 6.79. The minimum absolute atomic E-state index is 0.116. The summed E-state index contributed by atoms with van der Waals surface area (Å²) >= 11 is 0. The van der Waals surface area contributed by atoms with Crippen molar-refractivity contribution in [2.45, 2.75) is 25.8 Å². The summed E-state index contributed by atoms with van der Waals surface area (Å²) in [5.74, 6) is -0.133. The number of carbonyl (C=O) groups is 1. The molecule has 22 heavy (non-hydrogen) atoms. The van der Waals surface area contributed by atoms with Crippen molar-refractivity contribution in [1.82, 2.24) is 4.57 Å². The molecule has 1 heterocycles. The normalized spacial score (nSPS) is 10.4. The van der Waals surface area contributed by atoms with E-state index in [2.05, 4.69) is 5.32 Å². The lowest BCUT2D eigenvalue weighted by molar-refractivity contribution is -0.115. The maximum atomic E-state index is 12.0. The molecule has 0 radical (unpaired) electrons. The number of aromatic nitrogens is 1. The lowest BCUT2D eigenvalue weighted by atomic mass is 10.1. The molecule has 2 aromatic rings. The smallest absolute Gasteiger partial charge is 0.252 e. The molecule has 5 nitrogen and oxygen atoms in total. The van der Waals surface area contributed by atoms with E-state index in [0.29, 0.717) is 25.2 Å². The molecule has 5 heteroatoms. The van der Waals surface area contributed by atoms with E-state index in [1.807, 2.05) is 30.3 Å². The van der Waals surface area contributed by atoms with E-state index in [9.17, 15) is 9.59 Å². The Kier molecular flexibility index (Phi) is 5.91. The molecule has 0 aliphatic heterocycles. The molecule has 0 saturated heterocycles. The van der Waals surface area contributed by atoms with Crippen molar-refractivity contribution < 1.29 is 4.79 Å². The summed E-state index contributed by atoms with van der Waals surface area (Å²) in [7, 11) is 0. The zero-order chi connectivity index (χ0) is 15.8. The number of amides is 1. The van der Waals surface area contributed by atoms with Gasteiger partial charge in [0.25, 0.3) is 5.56 Å². The van der Waals surface area contributed by atoms with E-state index in [0.717, 1.165) is 18.4 Å². The van der Waals surface area contributed by atoms with Gasteiger partial charge in [0, 0.05) is 24.5 Å². The fourth-order valence-corrected chi connectivity index (χ4v) is 2.18. The van der Waals surface area contributed by atoms with Gasteiger partial charge in [-0.3, -0.25) is 9.59 Å². The topological polar surface area (TPSA) is 77.1 Å². The van der Waals surface area contributed by atoms with Gasteiger partial charge in [0.1, 0.15) is 0 Å². The van der Waals surface area contributed by atoms with Gasteiger partial charge < -0.3 is 15.6 Å². The second kappa shape index (κ2) is 8.14. The van der Waals surface area contributed by atoms with Gasteiger partial charge in [-0.25, -0.2) is 0 Å². The number of nitrogens with one attached hydrogen (secondary N) is 1. The van der Waals surface area contributed by atoms with E-state index >= 15 is 0 Å². The van der Waals surface area contributed by atoms with Crippen molar-refractivity contribution in [1.29, 1.82) is 0 Å². The quantitative estimate of drug-likeness (QED) is 0.765. The number of hydrogen-bond acceptors (Lipinski definition) is 3. The zero-order valence-corrected chi connectivity index (χ0v) is 12.5. The summed E-state index contributed by atoms with van der Waals surface area (Å²) in [6.45, 7) is 1.27. The predicted octanol–water partition coefficient (Wildman–Crippen LogP) is 1.77. The van der Waals surface area contributed by atoms with Crippen LogP contribution in [0.2, 0.25) is 0 Å². The molecule has 0 saturated carbocycles. The van der Waals surface area contributed by atoms with Crippen molar-refractivity contribution in [3.63, 3.8) is 0 Å². The van der Waals surface area contributed by atoms with Crippen molar-refractivity contribution in [3.8, 4) is 0 Å². The molecule has 0 spiro atoms. The van der Waals surface area contributed by atoms with Gasteiger partial charge in [0.15, 0.2) is 0 Å². The number of nitrogens with zero attached hydrogens (tertiary/aromatic N) is 1. The monoisotopic (exact) mass is 299 g/mol. The molecule has 1 aromatic carbocycles. The molecule has 0 aliphatic carbocycles. The van der Waals surface area contributed by atoms with Crippen molar-refractivity contribution in [3.05, 3.63) is 64.6 Å². The first kappa shape index (κ1) is 16.0. The van der Waals surface area contributed by atoms with Crippen LogP contribution < -0.4 is 16.6 Å². The Balaban J connectivity index is 1.94. The standard InChI is InChI=1S/C17H21N3O2/c18-9-4-5-10-20-11-8-15(13-17(20)22)19-16(21)12-14-6-2-1-3-7-14/h1-3,6-8,11,13H,4-5,9-10,12,18H2,(H,19,21). The molecule has 1 amide bonds. The fraction of sp³-hybridized carbons (Fsp3) is 0.294. The van der Waals surface area contributed by atoms with Crippen LogP contribution in [0.25, 0.3) is 0 Å². The van der Waals surface area contributed by atoms with Crippen LogP contribution in [0.4, 0.5) is 5.69 Å². The predicted molar refractivity (Wildman–Crippen MR) is 87.8 cm³/mol. The second-order valence-electron chi connectivity index (χ2n) is 5.15. The first-order chi connectivity index (χ1) is 10.7. The minimum atomic E-state index is -0.133. The maximum Gasteiger partial charge on any atom is 0.252 e. The van der Waals surface area contributed by atoms with E-state index in [-0.39, 0.29) is 11.5 Å². The number of rotatable bonds is 7. The van der Waals surface area contributed by atoms with Gasteiger partial charge in [-0.05, 0) is 31.0 Å². The van der Waals surface area contributed by atoms with Crippen molar-refractivity contribution >= 4 is 11.6 Å². The second-order valence-corrected chi connectivity index (χ2v) is 5.15. The number of hydrogen-bond donors (Lipinski definition) is 2. The average Bonchev–Trinajstić information content (AvgIpc) is 2.50. The minimum Gasteiger partial charge on any atom is -0.330 e. The summed E-state index contributed by atoms with van der Waals surface area (Å²) in [6, 6.07) is 12.7. The molecular weight excluding hydrogens is 278 g/mol. The SMILES string of the molecule is NCCCCn1ccc(NC(=O)Cc2ccccc2)cc1=O. The number of aryl methyl sites for hydroxylation is 1. The van der Waals surface area contributed by atoms with E-state index < -0.39 is 0 Å². The van der Waals surface area contributed by atoms with Gasteiger partial charge in [0.05, 0.1) is 6.42 Å². The van der Waals surface area contributed by atoms with Crippen LogP contribution in [-0.4, -0.2) is 17.0 Å². The van der Waals surface area contributed by atoms with Gasteiger partial charge >= 0.3 is 0 Å². The van der Waals surface area contributed by atoms with Crippen LogP contribution in [0.15, 0.2) is 53.5 Å². The van der Waals surface area contributed by atoms with Crippen molar-refractivity contribution in [2.75, 3.05) is 11.9 Å². The van der Waals surface area contributed by atoms with Crippen LogP contribution in [0.1, 0.15) is 18.4 Å². The highest BCUT2D eigenvalue weighted by molar-refractivity contribution is 5.92. The number of pyridine rings is 1. The summed E-state index contributed by atoms with van der Waals surface area (Å²) in [6.07, 6.45) is 3.76. The first-order valence-corrected chi connectivity index (χ1v) is 7.43. The third kappa shape index (κ3) is 4.86. The fourth-order valence-electron chi connectivity index (χ4n) is 2.18. The molecule has 0 bridgehead atoms. The van der Waals surface area contributed by atoms with Crippen LogP contribution >= 0.6 is 0 Å². The molecule has 0 fully saturated rings. The van der Waals surface area contributed by atoms with Crippen LogP contribution in [0.3, 0.4) is 0 Å². The molecule has 0 atom stereocenters. The van der Waals surface area contributed by atoms with Gasteiger partial charge in [-0.1, -0.05) is 30.3 Å². The Bertz CT molecular complexity index is 665. The molecule has 3 N–H and O–H groups in total. The van der Waals surface area contributed by atoms with E-state index in [1.54, 1.807) is 16.8 Å². The van der Waals surface area contributed by atoms with Crippen LogP contribution in [0.5, 0.6) is 0 Å². The van der Waals surface area contributed by atoms with Crippen molar-refractivity contribution in [2.24, 2.45) is 5.73 Å². The lowest BCUT2D eigenvalue weighted by Gasteiger charge is -2.08. The highest BCUT2D eigenvalue weighted by Crippen LogP contribution is 2.06. The third-order valence-corrected chi connectivity index (χ3v) is 3.34. The van der Waals surface area contributed by atoms with Gasteiger partial charge in [-0.2, -0.15) is 0 Å².